The van der Waals surface area contributed by atoms with E-state index in [1.54, 1.807) is 30.9 Å². The second-order valence-electron chi connectivity index (χ2n) is 7.03. The van der Waals surface area contributed by atoms with E-state index in [0.29, 0.717) is 0 Å². The molecule has 0 saturated heterocycles. The van der Waals surface area contributed by atoms with Crippen LogP contribution in [0.4, 0.5) is 10.3 Å². The van der Waals surface area contributed by atoms with E-state index >= 15 is 0 Å². The molecule has 0 fully saturated rings. The molecule has 1 aromatic carbocycles. The van der Waals surface area contributed by atoms with Crippen LogP contribution in [0.15, 0.2) is 60.1 Å². The Kier molecular flexibility index (Phi) is 5.46. The number of allylic oxidation sites excluding steroid dienone is 1. The van der Waals surface area contributed by atoms with Gasteiger partial charge in [0, 0.05) is 53.4 Å². The van der Waals surface area contributed by atoms with Crippen LogP contribution in [0, 0.1) is 5.82 Å². The fourth-order valence-electron chi connectivity index (χ4n) is 3.52. The van der Waals surface area contributed by atoms with Crippen LogP contribution in [0.3, 0.4) is 0 Å². The van der Waals surface area contributed by atoms with Crippen molar-refractivity contribution in [2.24, 2.45) is 4.99 Å². The van der Waals surface area contributed by atoms with Crippen LogP contribution in [0.25, 0.3) is 16.8 Å². The number of aromatic nitrogens is 3. The lowest BCUT2D eigenvalue weighted by Crippen LogP contribution is -2.35. The first-order valence-electron chi connectivity index (χ1n) is 9.44. The summed E-state index contributed by atoms with van der Waals surface area (Å²) in [5.41, 5.74) is 9.87. The van der Waals surface area contributed by atoms with Crippen molar-refractivity contribution in [3.05, 3.63) is 77.1 Å². The molecule has 4 rings (SSSR count). The highest BCUT2D eigenvalue weighted by Gasteiger charge is 2.27. The molecule has 3 heterocycles. The van der Waals surface area contributed by atoms with E-state index in [0.717, 1.165) is 28.0 Å². The minimum Gasteiger partial charge on any atom is -0.368 e. The zero-order chi connectivity index (χ0) is 21.3. The molecule has 2 unspecified atom stereocenters. The first kappa shape index (κ1) is 20.0. The Bertz CT molecular complexity index is 1130. The van der Waals surface area contributed by atoms with Crippen molar-refractivity contribution in [2.45, 2.75) is 26.1 Å². The number of nitrogens with two attached hydrogens (primary N) is 1. The minimum atomic E-state index is -0.454. The topological polar surface area (TPSA) is 80.3 Å². The van der Waals surface area contributed by atoms with Crippen molar-refractivity contribution in [2.75, 3.05) is 5.73 Å². The molecule has 3 aromatic rings. The summed E-state index contributed by atoms with van der Waals surface area (Å²) in [6.45, 7) is 4.06. The molecule has 2 atom stereocenters. The quantitative estimate of drug-likeness (QED) is 0.656. The van der Waals surface area contributed by atoms with E-state index in [4.69, 9.17) is 17.3 Å². The smallest absolute Gasteiger partial charge is 0.219 e. The third kappa shape index (κ3) is 3.89. The van der Waals surface area contributed by atoms with E-state index < -0.39 is 5.82 Å². The molecule has 0 spiro atoms. The third-order valence-corrected chi connectivity index (χ3v) is 5.40. The van der Waals surface area contributed by atoms with Gasteiger partial charge in [-0.15, -0.1) is 0 Å². The summed E-state index contributed by atoms with van der Waals surface area (Å²) < 4.78 is 14.1. The minimum absolute atomic E-state index is 0.0791. The van der Waals surface area contributed by atoms with E-state index in [1.165, 1.54) is 6.07 Å². The maximum Gasteiger partial charge on any atom is 0.219 e. The van der Waals surface area contributed by atoms with Crippen LogP contribution < -0.4 is 5.73 Å². The Balaban J connectivity index is 1.70. The predicted molar refractivity (Wildman–Crippen MR) is 117 cm³/mol. The van der Waals surface area contributed by atoms with Crippen molar-refractivity contribution in [3.63, 3.8) is 0 Å². The van der Waals surface area contributed by atoms with Crippen LogP contribution in [-0.4, -0.2) is 32.2 Å². The van der Waals surface area contributed by atoms with Gasteiger partial charge in [0.05, 0.1) is 11.1 Å². The highest BCUT2D eigenvalue weighted by molar-refractivity contribution is 6.30. The van der Waals surface area contributed by atoms with E-state index in [9.17, 15) is 4.39 Å². The molecule has 30 heavy (non-hydrogen) atoms. The molecule has 0 aliphatic carbocycles. The Morgan fingerprint density at radius 1 is 1.07 bits per heavy atom. The van der Waals surface area contributed by atoms with Crippen LogP contribution >= 0.6 is 11.6 Å². The number of aliphatic imine (C=N–C) groups is 1. The lowest BCUT2D eigenvalue weighted by atomic mass is 10.0. The maximum absolute atomic E-state index is 14.1. The lowest BCUT2D eigenvalue weighted by Gasteiger charge is -2.38. The van der Waals surface area contributed by atoms with Crippen LogP contribution in [0.5, 0.6) is 0 Å². The van der Waals surface area contributed by atoms with Gasteiger partial charge in [-0.3, -0.25) is 9.98 Å². The third-order valence-electron chi connectivity index (χ3n) is 5.09. The van der Waals surface area contributed by atoms with Crippen molar-refractivity contribution >= 4 is 29.5 Å². The van der Waals surface area contributed by atoms with Gasteiger partial charge in [-0.05, 0) is 43.7 Å². The van der Waals surface area contributed by atoms with Crippen molar-refractivity contribution in [3.8, 4) is 11.1 Å². The monoisotopic (exact) mass is 422 g/mol. The highest BCUT2D eigenvalue weighted by Crippen LogP contribution is 2.35. The Morgan fingerprint density at radius 3 is 2.57 bits per heavy atom. The molecular weight excluding hydrogens is 403 g/mol. The number of halogens is 2. The van der Waals surface area contributed by atoms with Gasteiger partial charge < -0.3 is 10.6 Å². The Labute approximate surface area is 179 Å². The number of hydrogen-bond donors (Lipinski definition) is 1. The summed E-state index contributed by atoms with van der Waals surface area (Å²) in [4.78, 5) is 19.1. The van der Waals surface area contributed by atoms with E-state index in [1.807, 2.05) is 31.3 Å². The maximum atomic E-state index is 14.1. The predicted octanol–water partition coefficient (Wildman–Crippen LogP) is 4.75. The van der Waals surface area contributed by atoms with Gasteiger partial charge in [-0.1, -0.05) is 17.7 Å². The summed E-state index contributed by atoms with van der Waals surface area (Å²) in [7, 11) is 0. The Hall–Kier alpha value is -3.32. The Morgan fingerprint density at radius 2 is 1.83 bits per heavy atom. The van der Waals surface area contributed by atoms with Crippen molar-refractivity contribution in [1.82, 2.24) is 19.9 Å². The standard InChI is InChI=1S/C22H20ClFN6/c1-13(16-7-17(10-26-9-16)18-11-28-22(25)29-12-18)30-14(2)27-6-5-21(30)15-3-4-19(23)20(24)8-15/h3-14H,1-2H3,(H2,25,28,29). The van der Waals surface area contributed by atoms with Crippen LogP contribution in [0.1, 0.15) is 31.0 Å². The summed E-state index contributed by atoms with van der Waals surface area (Å²) >= 11 is 5.87. The van der Waals surface area contributed by atoms with Gasteiger partial charge >= 0.3 is 0 Å². The van der Waals surface area contributed by atoms with Crippen LogP contribution in [-0.2, 0) is 0 Å². The normalized spacial score (nSPS) is 17.0. The largest absolute Gasteiger partial charge is 0.368 e. The fraction of sp³-hybridized carbons (Fsp3) is 0.182. The molecule has 8 heteroatoms. The average molecular weight is 423 g/mol. The average Bonchev–Trinajstić information content (AvgIpc) is 2.75. The lowest BCUT2D eigenvalue weighted by molar-refractivity contribution is 0.252. The van der Waals surface area contributed by atoms with Gasteiger partial charge in [0.2, 0.25) is 5.95 Å². The summed E-state index contributed by atoms with van der Waals surface area (Å²) in [6.07, 6.45) is 10.4. The molecule has 1 aliphatic rings. The molecule has 2 N–H and O–H groups in total. The SMILES string of the molecule is CC1N=CC=C(c2ccc(Cl)c(F)c2)N1C(C)c1cncc(-c2cnc(N)nc2)c1. The number of anilines is 1. The zero-order valence-electron chi connectivity index (χ0n) is 16.5. The first-order chi connectivity index (χ1) is 14.4. The molecule has 1 aliphatic heterocycles. The van der Waals surface area contributed by atoms with E-state index in [-0.39, 0.29) is 23.2 Å². The first-order valence-corrected chi connectivity index (χ1v) is 9.82. The van der Waals surface area contributed by atoms with Gasteiger partial charge in [-0.25, -0.2) is 14.4 Å². The second-order valence-corrected chi connectivity index (χ2v) is 7.44. The van der Waals surface area contributed by atoms with Crippen molar-refractivity contribution in [1.29, 1.82) is 0 Å². The molecular formula is C22H20ClFN6. The zero-order valence-corrected chi connectivity index (χ0v) is 17.3. The van der Waals surface area contributed by atoms with Gasteiger partial charge in [-0.2, -0.15) is 0 Å². The van der Waals surface area contributed by atoms with Crippen molar-refractivity contribution < 1.29 is 4.39 Å². The number of hydrogen-bond acceptors (Lipinski definition) is 6. The molecule has 6 nitrogen and oxygen atoms in total. The number of nitrogens with zero attached hydrogens (tertiary/aromatic N) is 5. The van der Waals surface area contributed by atoms with Gasteiger partial charge in [0.25, 0.3) is 0 Å². The molecule has 0 amide bonds. The van der Waals surface area contributed by atoms with Crippen LogP contribution in [0.2, 0.25) is 5.02 Å². The molecule has 0 radical (unpaired) electrons. The number of pyridine rings is 1. The second kappa shape index (κ2) is 8.20. The fourth-order valence-corrected chi connectivity index (χ4v) is 3.64. The highest BCUT2D eigenvalue weighted by atomic mass is 35.5. The molecule has 0 bridgehead atoms. The summed E-state index contributed by atoms with van der Waals surface area (Å²) in [5.74, 6) is -0.230. The number of nitrogen functional groups attached to an aromatic ring is 1. The van der Waals surface area contributed by atoms with E-state index in [2.05, 4.69) is 31.8 Å². The number of benzene rings is 1. The number of rotatable bonds is 4. The molecule has 152 valence electrons. The molecule has 2 aromatic heterocycles. The summed E-state index contributed by atoms with van der Waals surface area (Å²) in [6, 6.07) is 6.78. The van der Waals surface area contributed by atoms with Gasteiger partial charge in [0.15, 0.2) is 0 Å². The molecule has 0 saturated carbocycles. The summed E-state index contributed by atoms with van der Waals surface area (Å²) in [5, 5.41) is 0.0964. The van der Waals surface area contributed by atoms with Gasteiger partial charge in [0.1, 0.15) is 12.0 Å².